The van der Waals surface area contributed by atoms with Gasteiger partial charge >= 0.3 is 0 Å². The molecular weight excluding hydrogens is 246 g/mol. The van der Waals surface area contributed by atoms with Crippen LogP contribution in [0.5, 0.6) is 0 Å². The summed E-state index contributed by atoms with van der Waals surface area (Å²) in [5.41, 5.74) is 3.29. The van der Waals surface area contributed by atoms with Crippen LogP contribution in [0.4, 0.5) is 0 Å². The summed E-state index contributed by atoms with van der Waals surface area (Å²) in [4.78, 5) is 2.36. The molecule has 3 nitrogen and oxygen atoms in total. The molecular formula is C17H39N3. The first kappa shape index (κ1) is 19.9. The fraction of sp³-hybridized carbons (Fsp3) is 1.00. The van der Waals surface area contributed by atoms with Crippen molar-refractivity contribution in [3.63, 3.8) is 0 Å². The fourth-order valence-corrected chi connectivity index (χ4v) is 3.50. The maximum Gasteiger partial charge on any atom is 0.0394 e. The van der Waals surface area contributed by atoms with Gasteiger partial charge in [-0.05, 0) is 33.4 Å². The second kappa shape index (κ2) is 11.5. The van der Waals surface area contributed by atoms with Crippen molar-refractivity contribution in [2.45, 2.75) is 96.6 Å². The molecule has 20 heavy (non-hydrogen) atoms. The Morgan fingerprint density at radius 3 is 1.80 bits per heavy atom. The standard InChI is InChI=1S/C17H39N3/c1-6-9-10-11-12-13-14-15-16(19-18)17(7-2,8-3)20(4)5/h16,19H,6-15,18H2,1-5H3. The predicted octanol–water partition coefficient (Wildman–Crippen LogP) is 4.08. The van der Waals surface area contributed by atoms with Crippen molar-refractivity contribution in [2.75, 3.05) is 14.1 Å². The number of hydrazine groups is 1. The summed E-state index contributed by atoms with van der Waals surface area (Å²) in [6.45, 7) is 6.82. The predicted molar refractivity (Wildman–Crippen MR) is 90.7 cm³/mol. The quantitative estimate of drug-likeness (QED) is 0.304. The topological polar surface area (TPSA) is 41.3 Å². The van der Waals surface area contributed by atoms with Gasteiger partial charge in [-0.2, -0.15) is 0 Å². The third kappa shape index (κ3) is 6.11. The summed E-state index contributed by atoms with van der Waals surface area (Å²) in [7, 11) is 4.37. The molecule has 0 radical (unpaired) electrons. The van der Waals surface area contributed by atoms with Gasteiger partial charge in [-0.15, -0.1) is 0 Å². The van der Waals surface area contributed by atoms with Crippen molar-refractivity contribution in [1.82, 2.24) is 10.3 Å². The Morgan fingerprint density at radius 2 is 1.40 bits per heavy atom. The highest BCUT2D eigenvalue weighted by molar-refractivity contribution is 4.96. The number of unbranched alkanes of at least 4 members (excludes halogenated alkanes) is 6. The van der Waals surface area contributed by atoms with Crippen LogP contribution in [0.1, 0.15) is 85.0 Å². The van der Waals surface area contributed by atoms with E-state index in [2.05, 4.69) is 45.2 Å². The smallest absolute Gasteiger partial charge is 0.0394 e. The maximum atomic E-state index is 5.85. The van der Waals surface area contributed by atoms with Crippen LogP contribution in [-0.2, 0) is 0 Å². The average molecular weight is 286 g/mol. The van der Waals surface area contributed by atoms with Crippen molar-refractivity contribution in [2.24, 2.45) is 5.84 Å². The highest BCUT2D eigenvalue weighted by Gasteiger charge is 2.36. The van der Waals surface area contributed by atoms with E-state index in [0.717, 1.165) is 12.8 Å². The van der Waals surface area contributed by atoms with Crippen LogP contribution in [0, 0.1) is 0 Å². The lowest BCUT2D eigenvalue weighted by atomic mass is 9.81. The summed E-state index contributed by atoms with van der Waals surface area (Å²) in [6, 6.07) is 0.392. The van der Waals surface area contributed by atoms with Gasteiger partial charge in [-0.1, -0.05) is 65.7 Å². The SMILES string of the molecule is CCCCCCCCCC(NN)C(CC)(CC)N(C)C. The van der Waals surface area contributed by atoms with Gasteiger partial charge in [0, 0.05) is 11.6 Å². The molecule has 0 aromatic heterocycles. The molecule has 3 heteroatoms. The third-order valence-electron chi connectivity index (χ3n) is 5.06. The Balaban J connectivity index is 4.13. The van der Waals surface area contributed by atoms with E-state index in [-0.39, 0.29) is 5.54 Å². The number of nitrogens with zero attached hydrogens (tertiary/aromatic N) is 1. The zero-order chi connectivity index (χ0) is 15.4. The van der Waals surface area contributed by atoms with E-state index in [1.165, 1.54) is 51.4 Å². The molecule has 0 saturated carbocycles. The van der Waals surface area contributed by atoms with E-state index in [1.54, 1.807) is 0 Å². The largest absolute Gasteiger partial charge is 0.302 e. The molecule has 0 aliphatic carbocycles. The van der Waals surface area contributed by atoms with E-state index in [0.29, 0.717) is 6.04 Å². The second-order valence-electron chi connectivity index (χ2n) is 6.33. The summed E-state index contributed by atoms with van der Waals surface area (Å²) in [6.07, 6.45) is 13.0. The molecule has 0 fully saturated rings. The van der Waals surface area contributed by atoms with Gasteiger partial charge in [-0.25, -0.2) is 0 Å². The number of hydrogen-bond acceptors (Lipinski definition) is 3. The Kier molecular flexibility index (Phi) is 11.5. The van der Waals surface area contributed by atoms with E-state index in [1.807, 2.05) is 0 Å². The number of rotatable bonds is 13. The minimum atomic E-state index is 0.191. The van der Waals surface area contributed by atoms with E-state index < -0.39 is 0 Å². The molecule has 1 unspecified atom stereocenters. The average Bonchev–Trinajstić information content (AvgIpc) is 2.45. The molecule has 0 amide bonds. The molecule has 3 N–H and O–H groups in total. The van der Waals surface area contributed by atoms with Gasteiger partial charge < -0.3 is 4.90 Å². The molecule has 0 saturated heterocycles. The summed E-state index contributed by atoms with van der Waals surface area (Å²) >= 11 is 0. The minimum Gasteiger partial charge on any atom is -0.302 e. The van der Waals surface area contributed by atoms with Crippen LogP contribution < -0.4 is 11.3 Å². The zero-order valence-corrected chi connectivity index (χ0v) is 14.7. The van der Waals surface area contributed by atoms with Gasteiger partial charge in [0.1, 0.15) is 0 Å². The number of nitrogens with one attached hydrogen (secondary N) is 1. The first-order chi connectivity index (χ1) is 9.58. The van der Waals surface area contributed by atoms with Gasteiger partial charge in [0.2, 0.25) is 0 Å². The van der Waals surface area contributed by atoms with Crippen LogP contribution >= 0.6 is 0 Å². The highest BCUT2D eigenvalue weighted by Crippen LogP contribution is 2.28. The Bertz CT molecular complexity index is 212. The number of hydrogen-bond donors (Lipinski definition) is 2. The van der Waals surface area contributed by atoms with Crippen LogP contribution in [0.25, 0.3) is 0 Å². The van der Waals surface area contributed by atoms with Crippen molar-refractivity contribution >= 4 is 0 Å². The van der Waals surface area contributed by atoms with Gasteiger partial charge in [0.25, 0.3) is 0 Å². The van der Waals surface area contributed by atoms with Crippen LogP contribution in [0.3, 0.4) is 0 Å². The fourth-order valence-electron chi connectivity index (χ4n) is 3.50. The van der Waals surface area contributed by atoms with Crippen LogP contribution in [-0.4, -0.2) is 30.6 Å². The van der Waals surface area contributed by atoms with Crippen molar-refractivity contribution < 1.29 is 0 Å². The zero-order valence-electron chi connectivity index (χ0n) is 14.7. The normalized spacial score (nSPS) is 13.9. The monoisotopic (exact) mass is 285 g/mol. The number of likely N-dealkylation sites (N-methyl/N-ethyl adjacent to an activating group) is 1. The third-order valence-corrected chi connectivity index (χ3v) is 5.06. The molecule has 0 aliphatic heterocycles. The van der Waals surface area contributed by atoms with Crippen LogP contribution in [0.2, 0.25) is 0 Å². The molecule has 1 atom stereocenters. The maximum absolute atomic E-state index is 5.85. The van der Waals surface area contributed by atoms with E-state index in [4.69, 9.17) is 5.84 Å². The van der Waals surface area contributed by atoms with Crippen molar-refractivity contribution in [3.8, 4) is 0 Å². The molecule has 122 valence electrons. The van der Waals surface area contributed by atoms with Gasteiger partial charge in [0.15, 0.2) is 0 Å². The minimum absolute atomic E-state index is 0.191. The second-order valence-corrected chi connectivity index (χ2v) is 6.33. The summed E-state index contributed by atoms with van der Waals surface area (Å²) < 4.78 is 0. The molecule has 0 rings (SSSR count). The van der Waals surface area contributed by atoms with E-state index in [9.17, 15) is 0 Å². The van der Waals surface area contributed by atoms with Crippen molar-refractivity contribution in [3.05, 3.63) is 0 Å². The number of nitrogens with two attached hydrogens (primary N) is 1. The Morgan fingerprint density at radius 1 is 0.900 bits per heavy atom. The van der Waals surface area contributed by atoms with Gasteiger partial charge in [0.05, 0.1) is 0 Å². The summed E-state index contributed by atoms with van der Waals surface area (Å²) in [5, 5.41) is 0. The first-order valence-corrected chi connectivity index (χ1v) is 8.72. The Hall–Kier alpha value is -0.120. The molecule has 0 bridgehead atoms. The lowest BCUT2D eigenvalue weighted by Gasteiger charge is -2.45. The first-order valence-electron chi connectivity index (χ1n) is 8.72. The van der Waals surface area contributed by atoms with E-state index >= 15 is 0 Å². The van der Waals surface area contributed by atoms with Crippen molar-refractivity contribution in [1.29, 1.82) is 0 Å². The Labute approximate surface area is 127 Å². The molecule has 0 aliphatic rings. The van der Waals surface area contributed by atoms with Crippen LogP contribution in [0.15, 0.2) is 0 Å². The highest BCUT2D eigenvalue weighted by atomic mass is 15.3. The lowest BCUT2D eigenvalue weighted by Crippen LogP contribution is -2.60. The molecule has 0 aromatic carbocycles. The molecule has 0 spiro atoms. The molecule has 0 heterocycles. The lowest BCUT2D eigenvalue weighted by molar-refractivity contribution is 0.0828. The summed E-state index contributed by atoms with van der Waals surface area (Å²) in [5.74, 6) is 5.85. The molecule has 0 aromatic rings. The van der Waals surface area contributed by atoms with Gasteiger partial charge in [-0.3, -0.25) is 11.3 Å².